The second kappa shape index (κ2) is 13.0. The van der Waals surface area contributed by atoms with Crippen molar-refractivity contribution in [2.75, 3.05) is 32.0 Å². The maximum atomic E-state index is 14.5. The summed E-state index contributed by atoms with van der Waals surface area (Å²) in [4.78, 5) is 2.53. The second-order valence-electron chi connectivity index (χ2n) is 8.80. The molecule has 0 amide bonds. The van der Waals surface area contributed by atoms with E-state index in [-0.39, 0.29) is 0 Å². The number of hydrogen-bond acceptors (Lipinski definition) is 2. The van der Waals surface area contributed by atoms with Crippen LogP contribution in [0.25, 0.3) is 0 Å². The van der Waals surface area contributed by atoms with Gasteiger partial charge in [-0.25, -0.2) is 0 Å². The van der Waals surface area contributed by atoms with E-state index in [4.69, 9.17) is 0 Å². The summed E-state index contributed by atoms with van der Waals surface area (Å²) in [6, 6.07) is 42.0. The second-order valence-corrected chi connectivity index (χ2v) is 14.1. The number of nitrogens with zero attached hydrogens (tertiary/aromatic N) is 1. The van der Waals surface area contributed by atoms with Crippen molar-refractivity contribution < 1.29 is 4.57 Å². The highest BCUT2D eigenvalue weighted by molar-refractivity contribution is 7.78. The van der Waals surface area contributed by atoms with Gasteiger partial charge in [0.15, 0.2) is 0 Å². The first-order valence-corrected chi connectivity index (χ1v) is 15.9. The smallest absolute Gasteiger partial charge is 0.144 e. The molecule has 0 saturated heterocycles. The summed E-state index contributed by atoms with van der Waals surface area (Å²) < 4.78 is 14.5. The van der Waals surface area contributed by atoms with Crippen LogP contribution in [0.2, 0.25) is 0 Å². The monoisotopic (exact) mass is 499 g/mol. The molecule has 0 atom stereocenters. The van der Waals surface area contributed by atoms with Gasteiger partial charge in [-0.15, -0.1) is 0 Å². The van der Waals surface area contributed by atoms with Crippen LogP contribution in [-0.4, -0.2) is 36.9 Å². The van der Waals surface area contributed by atoms with Crippen molar-refractivity contribution in [2.24, 2.45) is 0 Å². The van der Waals surface area contributed by atoms with Crippen molar-refractivity contribution in [3.8, 4) is 0 Å². The molecule has 0 aliphatic heterocycles. The first kappa shape index (κ1) is 25.6. The van der Waals surface area contributed by atoms with Crippen LogP contribution in [0.3, 0.4) is 0 Å². The lowest BCUT2D eigenvalue weighted by atomic mass is 10.4. The topological polar surface area (TPSA) is 20.3 Å². The summed E-state index contributed by atoms with van der Waals surface area (Å²) in [6.07, 6.45) is 2.86. The third kappa shape index (κ3) is 6.80. The van der Waals surface area contributed by atoms with E-state index in [1.165, 1.54) is 10.6 Å². The largest absolute Gasteiger partial charge is 0.314 e. The molecule has 4 rings (SSSR count). The van der Waals surface area contributed by atoms with Crippen LogP contribution < -0.4 is 21.2 Å². The maximum absolute atomic E-state index is 14.5. The number of hydrogen-bond donors (Lipinski definition) is 0. The predicted molar refractivity (Wildman–Crippen MR) is 155 cm³/mol. The average Bonchev–Trinajstić information content (AvgIpc) is 2.94. The van der Waals surface area contributed by atoms with Crippen LogP contribution >= 0.6 is 15.1 Å². The maximum Gasteiger partial charge on any atom is 0.144 e. The fraction of sp³-hybridized carbons (Fsp3) is 0.226. The number of rotatable bonds is 12. The normalized spacial score (nSPS) is 11.7. The van der Waals surface area contributed by atoms with E-state index in [0.717, 1.165) is 42.8 Å². The van der Waals surface area contributed by atoms with Gasteiger partial charge in [0.2, 0.25) is 0 Å². The van der Waals surface area contributed by atoms with Gasteiger partial charge in [-0.05, 0) is 37.7 Å². The molecule has 0 saturated carbocycles. The lowest BCUT2D eigenvalue weighted by molar-refractivity contribution is 0.307. The van der Waals surface area contributed by atoms with Gasteiger partial charge >= 0.3 is 0 Å². The van der Waals surface area contributed by atoms with Crippen molar-refractivity contribution >= 4 is 36.3 Å². The lowest BCUT2D eigenvalue weighted by Gasteiger charge is -2.28. The third-order valence-corrected chi connectivity index (χ3v) is 12.0. The fourth-order valence-corrected chi connectivity index (χ4v) is 9.59. The Hall–Kier alpha value is -2.50. The Balaban J connectivity index is 1.52. The van der Waals surface area contributed by atoms with Crippen LogP contribution in [0.1, 0.15) is 13.3 Å². The van der Waals surface area contributed by atoms with E-state index in [0.29, 0.717) is 6.16 Å². The molecule has 0 unspecified atom stereocenters. The molecule has 0 radical (unpaired) electrons. The Morgan fingerprint density at radius 1 is 0.600 bits per heavy atom. The van der Waals surface area contributed by atoms with Crippen LogP contribution in [0, 0.1) is 0 Å². The lowest BCUT2D eigenvalue weighted by Crippen LogP contribution is -2.33. The van der Waals surface area contributed by atoms with Crippen LogP contribution in [0.5, 0.6) is 0 Å². The summed E-state index contributed by atoms with van der Waals surface area (Å²) >= 11 is 0. The molecule has 0 aliphatic carbocycles. The predicted octanol–water partition coefficient (Wildman–Crippen LogP) is 5.85. The molecule has 180 valence electrons. The van der Waals surface area contributed by atoms with Crippen molar-refractivity contribution in [1.29, 1.82) is 0 Å². The van der Waals surface area contributed by atoms with Gasteiger partial charge in [-0.1, -0.05) is 128 Å². The first-order chi connectivity index (χ1) is 17.2. The highest BCUT2D eigenvalue weighted by Gasteiger charge is 2.27. The first-order valence-electron chi connectivity index (χ1n) is 12.5. The Morgan fingerprint density at radius 2 is 1.03 bits per heavy atom. The minimum absolute atomic E-state index is 0.431. The van der Waals surface area contributed by atoms with Crippen molar-refractivity contribution in [3.63, 3.8) is 0 Å². The molecule has 0 bridgehead atoms. The van der Waals surface area contributed by atoms with Crippen molar-refractivity contribution in [2.45, 2.75) is 13.3 Å². The molecule has 4 aromatic rings. The molecule has 0 heterocycles. The molecule has 0 aliphatic rings. The Labute approximate surface area is 212 Å². The molecule has 4 heteroatoms. The van der Waals surface area contributed by atoms with Gasteiger partial charge in [-0.3, -0.25) is 0 Å². The Bertz CT molecular complexity index is 1100. The van der Waals surface area contributed by atoms with E-state index >= 15 is 0 Å². The van der Waals surface area contributed by atoms with Gasteiger partial charge in [0.25, 0.3) is 0 Å². The van der Waals surface area contributed by atoms with Gasteiger partial charge in [0, 0.05) is 29.9 Å². The zero-order valence-corrected chi connectivity index (χ0v) is 22.3. The Kier molecular flexibility index (Phi) is 9.50. The van der Waals surface area contributed by atoms with Gasteiger partial charge in [0.05, 0.1) is 0 Å². The summed E-state index contributed by atoms with van der Waals surface area (Å²) in [5.74, 6) is 0. The minimum atomic E-state index is -2.70. The van der Waals surface area contributed by atoms with Crippen molar-refractivity contribution in [3.05, 3.63) is 121 Å². The molecule has 2 nitrogen and oxygen atoms in total. The molecule has 0 fully saturated rings. The fourth-order valence-electron chi connectivity index (χ4n) is 4.54. The summed E-state index contributed by atoms with van der Waals surface area (Å²) in [7, 11) is -3.13. The highest BCUT2D eigenvalue weighted by Crippen LogP contribution is 2.43. The molecule has 0 spiro atoms. The third-order valence-electron chi connectivity index (χ3n) is 6.39. The average molecular weight is 500 g/mol. The summed E-state index contributed by atoms with van der Waals surface area (Å²) in [5.41, 5.74) is 0. The molecular formula is C31H35NOP2. The minimum Gasteiger partial charge on any atom is -0.314 e. The molecule has 35 heavy (non-hydrogen) atoms. The van der Waals surface area contributed by atoms with E-state index in [2.05, 4.69) is 72.5 Å². The quantitative estimate of drug-likeness (QED) is 0.228. The molecular weight excluding hydrogens is 464 g/mol. The SMILES string of the molecule is CCCN(CCP(c1ccccc1)c1ccccc1)CCP(=O)(c1ccccc1)c1ccccc1. The van der Waals surface area contributed by atoms with E-state index in [9.17, 15) is 4.57 Å². The van der Waals surface area contributed by atoms with Crippen LogP contribution in [-0.2, 0) is 4.57 Å². The standard InChI is InChI=1S/C31H35NOP2/c1-2-23-32(24-26-34(28-15-7-3-8-16-28)29-17-9-4-10-18-29)25-27-35(33,30-19-11-5-12-20-30)31-21-13-6-14-22-31/h3-22H,2,23-27H2,1H3. The zero-order valence-electron chi connectivity index (χ0n) is 20.5. The summed E-state index contributed by atoms with van der Waals surface area (Å²) in [6.45, 7) is 5.10. The van der Waals surface area contributed by atoms with E-state index in [1.807, 2.05) is 60.7 Å². The van der Waals surface area contributed by atoms with Gasteiger partial charge in [0.1, 0.15) is 7.14 Å². The van der Waals surface area contributed by atoms with Gasteiger partial charge < -0.3 is 9.46 Å². The molecule has 0 aromatic heterocycles. The zero-order chi connectivity index (χ0) is 24.3. The van der Waals surface area contributed by atoms with E-state index < -0.39 is 15.1 Å². The van der Waals surface area contributed by atoms with Crippen LogP contribution in [0.15, 0.2) is 121 Å². The highest BCUT2D eigenvalue weighted by atomic mass is 31.2. The van der Waals surface area contributed by atoms with Gasteiger partial charge in [-0.2, -0.15) is 0 Å². The van der Waals surface area contributed by atoms with Crippen molar-refractivity contribution in [1.82, 2.24) is 4.90 Å². The van der Waals surface area contributed by atoms with E-state index in [1.54, 1.807) is 0 Å². The Morgan fingerprint density at radius 3 is 1.46 bits per heavy atom. The number of benzene rings is 4. The summed E-state index contributed by atoms with van der Waals surface area (Å²) in [5, 5.41) is 4.76. The van der Waals surface area contributed by atoms with Crippen LogP contribution in [0.4, 0.5) is 0 Å². The molecule has 4 aromatic carbocycles. The molecule has 0 N–H and O–H groups in total.